The van der Waals surface area contributed by atoms with Gasteiger partial charge in [-0.1, -0.05) is 47.5 Å². The molecule has 0 heterocycles. The normalized spacial score (nSPS) is 11.5. The fourth-order valence-corrected chi connectivity index (χ4v) is 4.57. The number of nitrogens with one attached hydrogen (secondary N) is 1. The van der Waals surface area contributed by atoms with Gasteiger partial charge in [0.2, 0.25) is 0 Å². The van der Waals surface area contributed by atoms with Crippen molar-refractivity contribution < 1.29 is 18.3 Å². The molecule has 32 heavy (non-hydrogen) atoms. The number of hydrazone groups is 1. The first-order valence-corrected chi connectivity index (χ1v) is 11.5. The number of benzene rings is 3. The van der Waals surface area contributed by atoms with Crippen LogP contribution in [0.5, 0.6) is 5.75 Å². The molecule has 3 aromatic rings. The molecule has 0 bridgehead atoms. The van der Waals surface area contributed by atoms with E-state index in [-0.39, 0.29) is 16.3 Å². The van der Waals surface area contributed by atoms with E-state index in [0.29, 0.717) is 16.1 Å². The standard InChI is InChI=1S/C23H22ClN3O4S/c1-16-7-11-20(12-8-16)32(30,31)27(21-13-19(24)10-9-17(21)2)15-23(29)26-25-14-18-5-3-4-6-22(18)28/h3-14,28H,15H2,1-2H3,(H,26,29)/b25-14-. The molecule has 9 heteroatoms. The molecule has 0 unspecified atom stereocenters. The van der Waals surface area contributed by atoms with Gasteiger partial charge >= 0.3 is 0 Å². The number of aromatic hydroxyl groups is 1. The maximum Gasteiger partial charge on any atom is 0.264 e. The maximum atomic E-state index is 13.4. The summed E-state index contributed by atoms with van der Waals surface area (Å²) in [6.07, 6.45) is 1.27. The van der Waals surface area contributed by atoms with Crippen molar-refractivity contribution >= 4 is 39.4 Å². The Kier molecular flexibility index (Phi) is 7.17. The number of phenolic OH excluding ortho intramolecular Hbond substituents is 1. The number of nitrogens with zero attached hydrogens (tertiary/aromatic N) is 2. The third-order valence-corrected chi connectivity index (χ3v) is 6.67. The molecule has 0 aliphatic rings. The van der Waals surface area contributed by atoms with E-state index in [9.17, 15) is 18.3 Å². The molecule has 3 aromatic carbocycles. The maximum absolute atomic E-state index is 13.4. The van der Waals surface area contributed by atoms with Crippen LogP contribution in [0.3, 0.4) is 0 Å². The highest BCUT2D eigenvalue weighted by Gasteiger charge is 2.28. The molecule has 0 atom stereocenters. The van der Waals surface area contributed by atoms with Crippen LogP contribution < -0.4 is 9.73 Å². The summed E-state index contributed by atoms with van der Waals surface area (Å²) in [5.74, 6) is -0.657. The number of aryl methyl sites for hydroxylation is 2. The van der Waals surface area contributed by atoms with Crippen molar-refractivity contribution in [3.63, 3.8) is 0 Å². The van der Waals surface area contributed by atoms with Crippen molar-refractivity contribution in [2.75, 3.05) is 10.8 Å². The average Bonchev–Trinajstić information content (AvgIpc) is 2.75. The molecule has 0 radical (unpaired) electrons. The van der Waals surface area contributed by atoms with Gasteiger partial charge < -0.3 is 5.11 Å². The zero-order valence-corrected chi connectivity index (χ0v) is 19.1. The predicted octanol–water partition coefficient (Wildman–Crippen LogP) is 4.01. The van der Waals surface area contributed by atoms with E-state index in [1.807, 2.05) is 6.92 Å². The second-order valence-corrected chi connectivity index (χ2v) is 9.41. The van der Waals surface area contributed by atoms with E-state index in [0.717, 1.165) is 9.87 Å². The Labute approximate surface area is 192 Å². The van der Waals surface area contributed by atoms with Gasteiger partial charge in [-0.05, 0) is 55.8 Å². The minimum atomic E-state index is -4.07. The smallest absolute Gasteiger partial charge is 0.264 e. The van der Waals surface area contributed by atoms with Crippen LogP contribution in [-0.4, -0.2) is 32.2 Å². The fourth-order valence-electron chi connectivity index (χ4n) is 2.92. The van der Waals surface area contributed by atoms with E-state index in [4.69, 9.17) is 11.6 Å². The van der Waals surface area contributed by atoms with Crippen LogP contribution in [0.15, 0.2) is 76.7 Å². The SMILES string of the molecule is Cc1ccc(S(=O)(=O)N(CC(=O)N/N=C\c2ccccc2O)c2cc(Cl)ccc2C)cc1. The molecule has 3 rings (SSSR count). The molecule has 0 spiro atoms. The van der Waals surface area contributed by atoms with Gasteiger partial charge in [0, 0.05) is 10.6 Å². The quantitative estimate of drug-likeness (QED) is 0.401. The van der Waals surface area contributed by atoms with E-state index in [1.54, 1.807) is 49.4 Å². The molecule has 1 amide bonds. The lowest BCUT2D eigenvalue weighted by Gasteiger charge is -2.25. The first kappa shape index (κ1) is 23.3. The van der Waals surface area contributed by atoms with Gasteiger partial charge in [-0.15, -0.1) is 0 Å². The molecule has 0 saturated carbocycles. The van der Waals surface area contributed by atoms with Crippen LogP contribution in [-0.2, 0) is 14.8 Å². The number of anilines is 1. The van der Waals surface area contributed by atoms with Crippen molar-refractivity contribution in [2.24, 2.45) is 5.10 Å². The van der Waals surface area contributed by atoms with Gasteiger partial charge in [-0.25, -0.2) is 13.8 Å². The minimum Gasteiger partial charge on any atom is -0.507 e. The molecular formula is C23H22ClN3O4S. The summed E-state index contributed by atoms with van der Waals surface area (Å²) in [6, 6.07) is 17.7. The second-order valence-electron chi connectivity index (χ2n) is 7.11. The third-order valence-electron chi connectivity index (χ3n) is 4.67. The summed E-state index contributed by atoms with van der Waals surface area (Å²) in [6.45, 7) is 3.07. The van der Waals surface area contributed by atoms with Gasteiger partial charge in [0.1, 0.15) is 12.3 Å². The van der Waals surface area contributed by atoms with Gasteiger partial charge in [-0.3, -0.25) is 9.10 Å². The van der Waals surface area contributed by atoms with E-state index in [2.05, 4.69) is 10.5 Å². The predicted molar refractivity (Wildman–Crippen MR) is 126 cm³/mol. The summed E-state index contributed by atoms with van der Waals surface area (Å²) < 4.78 is 27.8. The number of sulfonamides is 1. The lowest BCUT2D eigenvalue weighted by Crippen LogP contribution is -2.40. The lowest BCUT2D eigenvalue weighted by atomic mass is 10.2. The number of amides is 1. The topological polar surface area (TPSA) is 99.1 Å². The van der Waals surface area contributed by atoms with Crippen LogP contribution in [0.2, 0.25) is 5.02 Å². The third kappa shape index (κ3) is 5.46. The Bertz CT molecular complexity index is 1260. The van der Waals surface area contributed by atoms with Gasteiger partial charge in [-0.2, -0.15) is 5.10 Å². The number of carbonyl (C=O) groups excluding carboxylic acids is 1. The molecule has 0 aliphatic carbocycles. The summed E-state index contributed by atoms with van der Waals surface area (Å²) in [7, 11) is -4.07. The minimum absolute atomic E-state index is 0.00336. The van der Waals surface area contributed by atoms with Crippen molar-refractivity contribution in [3.05, 3.63) is 88.4 Å². The number of hydrogen-bond acceptors (Lipinski definition) is 5. The monoisotopic (exact) mass is 471 g/mol. The van der Waals surface area contributed by atoms with Crippen LogP contribution in [0, 0.1) is 13.8 Å². The highest BCUT2D eigenvalue weighted by Crippen LogP contribution is 2.29. The van der Waals surface area contributed by atoms with Gasteiger partial charge in [0.25, 0.3) is 15.9 Å². The van der Waals surface area contributed by atoms with E-state index >= 15 is 0 Å². The Morgan fingerprint density at radius 1 is 1.09 bits per heavy atom. The number of phenols is 1. The van der Waals surface area contributed by atoms with Crippen LogP contribution in [0.4, 0.5) is 5.69 Å². The summed E-state index contributed by atoms with van der Waals surface area (Å²) in [4.78, 5) is 12.7. The van der Waals surface area contributed by atoms with Crippen LogP contribution in [0.25, 0.3) is 0 Å². The Balaban J connectivity index is 1.91. The molecule has 166 valence electrons. The highest BCUT2D eigenvalue weighted by molar-refractivity contribution is 7.92. The Hall–Kier alpha value is -3.36. The van der Waals surface area contributed by atoms with Crippen LogP contribution >= 0.6 is 11.6 Å². The van der Waals surface area contributed by atoms with Crippen molar-refractivity contribution in [3.8, 4) is 5.75 Å². The first-order chi connectivity index (χ1) is 15.2. The lowest BCUT2D eigenvalue weighted by molar-refractivity contribution is -0.119. The number of hydrogen-bond donors (Lipinski definition) is 2. The van der Waals surface area contributed by atoms with Gasteiger partial charge in [0.05, 0.1) is 16.8 Å². The molecule has 2 N–H and O–H groups in total. The molecule has 7 nitrogen and oxygen atoms in total. The number of carbonyl (C=O) groups is 1. The summed E-state index contributed by atoms with van der Waals surface area (Å²) in [5, 5.41) is 13.9. The van der Waals surface area contributed by atoms with Gasteiger partial charge in [0.15, 0.2) is 0 Å². The first-order valence-electron chi connectivity index (χ1n) is 9.64. The molecular weight excluding hydrogens is 450 g/mol. The fraction of sp³-hybridized carbons (Fsp3) is 0.130. The molecule has 0 fully saturated rings. The average molecular weight is 472 g/mol. The zero-order chi connectivity index (χ0) is 23.3. The van der Waals surface area contributed by atoms with E-state index < -0.39 is 22.5 Å². The Morgan fingerprint density at radius 3 is 2.47 bits per heavy atom. The van der Waals surface area contributed by atoms with Crippen LogP contribution in [0.1, 0.15) is 16.7 Å². The molecule has 0 aromatic heterocycles. The van der Waals surface area contributed by atoms with Crippen molar-refractivity contribution in [2.45, 2.75) is 18.7 Å². The number of halogens is 1. The highest BCUT2D eigenvalue weighted by atomic mass is 35.5. The summed E-state index contributed by atoms with van der Waals surface area (Å²) in [5.41, 5.74) is 4.54. The van der Waals surface area contributed by atoms with Crippen molar-refractivity contribution in [1.29, 1.82) is 0 Å². The number of rotatable bonds is 7. The van der Waals surface area contributed by atoms with E-state index in [1.165, 1.54) is 30.5 Å². The summed E-state index contributed by atoms with van der Waals surface area (Å²) >= 11 is 6.11. The molecule has 0 saturated heterocycles. The molecule has 0 aliphatic heterocycles. The zero-order valence-electron chi connectivity index (χ0n) is 17.5. The Morgan fingerprint density at radius 2 is 1.78 bits per heavy atom. The second kappa shape index (κ2) is 9.84. The van der Waals surface area contributed by atoms with Crippen molar-refractivity contribution in [1.82, 2.24) is 5.43 Å². The number of para-hydroxylation sites is 1. The largest absolute Gasteiger partial charge is 0.507 e.